The van der Waals surface area contributed by atoms with Crippen LogP contribution in [-0.4, -0.2) is 19.4 Å². The average Bonchev–Trinajstić information content (AvgIpc) is 3.25. The molecule has 2 aromatic carbocycles. The Hall–Kier alpha value is -4.70. The zero-order valence-corrected chi connectivity index (χ0v) is 18.0. The number of nitrogens with zero attached hydrogens (tertiary/aromatic N) is 4. The second-order valence-electron chi connectivity index (χ2n) is 7.71. The van der Waals surface area contributed by atoms with Gasteiger partial charge >= 0.3 is 0 Å². The minimum absolute atomic E-state index is 0.127. The van der Waals surface area contributed by atoms with Gasteiger partial charge in [-0.1, -0.05) is 35.9 Å². The van der Waals surface area contributed by atoms with Gasteiger partial charge in [-0.15, -0.1) is 0 Å². The second kappa shape index (κ2) is 8.09. The molecule has 0 radical (unpaired) electrons. The van der Waals surface area contributed by atoms with E-state index in [1.165, 1.54) is 10.5 Å². The number of allylic oxidation sites excluding steroid dienone is 1. The number of pyridine rings is 1. The third kappa shape index (κ3) is 3.75. The van der Waals surface area contributed by atoms with Crippen LogP contribution >= 0.6 is 0 Å². The van der Waals surface area contributed by atoms with Gasteiger partial charge in [0.1, 0.15) is 28.9 Å². The van der Waals surface area contributed by atoms with E-state index < -0.39 is 0 Å². The average molecular weight is 433 g/mol. The first-order valence-corrected chi connectivity index (χ1v) is 10.4. The van der Waals surface area contributed by atoms with E-state index in [9.17, 15) is 10.1 Å². The number of hydrogen-bond donors (Lipinski definition) is 1. The molecule has 3 aromatic heterocycles. The molecule has 0 amide bonds. The van der Waals surface area contributed by atoms with Crippen molar-refractivity contribution in [3.05, 3.63) is 99.7 Å². The van der Waals surface area contributed by atoms with Crippen LogP contribution in [0.25, 0.3) is 28.3 Å². The fourth-order valence-electron chi connectivity index (χ4n) is 3.68. The van der Waals surface area contributed by atoms with Crippen LogP contribution in [0, 0.1) is 25.2 Å². The second-order valence-corrected chi connectivity index (χ2v) is 7.71. The lowest BCUT2D eigenvalue weighted by Crippen LogP contribution is -2.18. The molecule has 7 nitrogen and oxygen atoms in total. The maximum atomic E-state index is 13.4. The van der Waals surface area contributed by atoms with Crippen molar-refractivity contribution < 1.29 is 4.74 Å². The molecular formula is C26H19N5O2. The van der Waals surface area contributed by atoms with Crippen LogP contribution in [0.3, 0.4) is 0 Å². The predicted octanol–water partition coefficient (Wildman–Crippen LogP) is 5.04. The molecule has 1 N–H and O–H groups in total. The van der Waals surface area contributed by atoms with Crippen LogP contribution in [-0.2, 0) is 0 Å². The Morgan fingerprint density at radius 3 is 2.70 bits per heavy atom. The first-order chi connectivity index (χ1) is 16.0. The largest absolute Gasteiger partial charge is 0.438 e. The molecule has 0 bridgehead atoms. The van der Waals surface area contributed by atoms with Crippen molar-refractivity contribution in [1.29, 1.82) is 5.26 Å². The summed E-state index contributed by atoms with van der Waals surface area (Å²) in [5, 5.41) is 9.88. The minimum atomic E-state index is -0.343. The fraction of sp³-hybridized carbons (Fsp3) is 0.0769. The van der Waals surface area contributed by atoms with Crippen LogP contribution < -0.4 is 10.3 Å². The van der Waals surface area contributed by atoms with E-state index >= 15 is 0 Å². The molecule has 33 heavy (non-hydrogen) atoms. The van der Waals surface area contributed by atoms with Crippen LogP contribution in [0.1, 0.15) is 22.5 Å². The number of aromatic amines is 1. The molecule has 5 rings (SSSR count). The highest BCUT2D eigenvalue weighted by molar-refractivity contribution is 5.91. The van der Waals surface area contributed by atoms with Gasteiger partial charge in [0.15, 0.2) is 0 Å². The highest BCUT2D eigenvalue weighted by Gasteiger charge is 2.17. The molecule has 5 aromatic rings. The molecule has 0 atom stereocenters. The number of nitrogens with one attached hydrogen (secondary N) is 1. The van der Waals surface area contributed by atoms with Gasteiger partial charge in [0.25, 0.3) is 5.56 Å². The molecule has 0 unspecified atom stereocenters. The van der Waals surface area contributed by atoms with Gasteiger partial charge in [0, 0.05) is 6.20 Å². The van der Waals surface area contributed by atoms with Gasteiger partial charge < -0.3 is 9.72 Å². The highest BCUT2D eigenvalue weighted by atomic mass is 16.5. The van der Waals surface area contributed by atoms with Gasteiger partial charge in [-0.25, -0.2) is 4.98 Å². The first kappa shape index (κ1) is 20.2. The Bertz CT molecular complexity index is 1620. The Morgan fingerprint density at radius 1 is 1.09 bits per heavy atom. The molecule has 0 aliphatic rings. The lowest BCUT2D eigenvalue weighted by atomic mass is 10.1. The summed E-state index contributed by atoms with van der Waals surface area (Å²) in [4.78, 5) is 25.6. The number of benzene rings is 2. The van der Waals surface area contributed by atoms with Crippen LogP contribution in [0.4, 0.5) is 0 Å². The summed E-state index contributed by atoms with van der Waals surface area (Å²) in [5.74, 6) is 1.08. The first-order valence-electron chi connectivity index (χ1n) is 10.4. The Morgan fingerprint density at radius 2 is 1.91 bits per heavy atom. The summed E-state index contributed by atoms with van der Waals surface area (Å²) < 4.78 is 7.54. The molecule has 3 heterocycles. The Balaban J connectivity index is 1.71. The summed E-state index contributed by atoms with van der Waals surface area (Å²) in [6.45, 7) is 3.93. The zero-order valence-electron chi connectivity index (χ0n) is 18.0. The van der Waals surface area contributed by atoms with E-state index in [0.29, 0.717) is 17.2 Å². The van der Waals surface area contributed by atoms with E-state index in [1.54, 1.807) is 24.4 Å². The van der Waals surface area contributed by atoms with E-state index in [-0.39, 0.29) is 22.6 Å². The normalized spacial score (nSPS) is 11.6. The number of para-hydroxylation sites is 2. The number of imidazole rings is 1. The van der Waals surface area contributed by atoms with E-state index in [4.69, 9.17) is 4.74 Å². The maximum Gasteiger partial charge on any atom is 0.269 e. The maximum absolute atomic E-state index is 13.4. The number of rotatable bonds is 4. The zero-order chi connectivity index (χ0) is 22.9. The minimum Gasteiger partial charge on any atom is -0.438 e. The molecule has 160 valence electrons. The third-order valence-corrected chi connectivity index (χ3v) is 5.32. The highest BCUT2D eigenvalue weighted by Crippen LogP contribution is 2.28. The number of aromatic nitrogens is 4. The molecule has 0 saturated heterocycles. The van der Waals surface area contributed by atoms with E-state index in [0.717, 1.165) is 22.2 Å². The molecule has 0 aliphatic carbocycles. The number of ether oxygens (including phenoxy) is 1. The van der Waals surface area contributed by atoms with Crippen molar-refractivity contribution in [1.82, 2.24) is 19.4 Å². The lowest BCUT2D eigenvalue weighted by molar-refractivity contribution is 0.457. The summed E-state index contributed by atoms with van der Waals surface area (Å²) in [6.07, 6.45) is 3.11. The van der Waals surface area contributed by atoms with Crippen LogP contribution in [0.5, 0.6) is 11.6 Å². The monoisotopic (exact) mass is 433 g/mol. The van der Waals surface area contributed by atoms with Crippen molar-refractivity contribution >= 4 is 28.3 Å². The Labute approximate surface area is 189 Å². The van der Waals surface area contributed by atoms with Gasteiger partial charge in [-0.2, -0.15) is 10.2 Å². The van der Waals surface area contributed by atoms with Crippen LogP contribution in [0.2, 0.25) is 0 Å². The van der Waals surface area contributed by atoms with E-state index in [1.807, 2.05) is 56.3 Å². The quantitative estimate of drug-likeness (QED) is 0.400. The number of fused-ring (bicyclic) bond motifs is 2. The molecular weight excluding hydrogens is 414 g/mol. The fourth-order valence-corrected chi connectivity index (χ4v) is 3.68. The van der Waals surface area contributed by atoms with E-state index in [2.05, 4.69) is 21.0 Å². The van der Waals surface area contributed by atoms with Crippen molar-refractivity contribution in [2.24, 2.45) is 0 Å². The SMILES string of the molecule is Cc1ccc(Oc2nc3ccccn3c(=O)c2C=C(C#N)c2nc3ccccc3[nH]2)c(C)c1. The summed E-state index contributed by atoms with van der Waals surface area (Å²) in [7, 11) is 0. The molecule has 0 aliphatic heterocycles. The number of aryl methyl sites for hydroxylation is 2. The molecule has 0 spiro atoms. The summed E-state index contributed by atoms with van der Waals surface area (Å²) >= 11 is 0. The van der Waals surface area contributed by atoms with Crippen molar-refractivity contribution in [3.8, 4) is 17.7 Å². The van der Waals surface area contributed by atoms with Crippen molar-refractivity contribution in [2.75, 3.05) is 0 Å². The number of H-pyrrole nitrogens is 1. The predicted molar refractivity (Wildman–Crippen MR) is 127 cm³/mol. The van der Waals surface area contributed by atoms with Gasteiger partial charge in [0.2, 0.25) is 5.88 Å². The lowest BCUT2D eigenvalue weighted by Gasteiger charge is -2.12. The molecule has 0 fully saturated rings. The number of hydrogen-bond acceptors (Lipinski definition) is 5. The Kier molecular flexibility index (Phi) is 4.96. The summed E-state index contributed by atoms with van der Waals surface area (Å²) in [6, 6.07) is 20.7. The third-order valence-electron chi connectivity index (χ3n) is 5.32. The summed E-state index contributed by atoms with van der Waals surface area (Å²) in [5.41, 5.74) is 4.01. The number of nitriles is 1. The van der Waals surface area contributed by atoms with Gasteiger partial charge in [-0.05, 0) is 55.8 Å². The molecule has 7 heteroatoms. The standard InChI is InChI=1S/C26H19N5O2/c1-16-10-11-22(17(2)13-16)33-25-19(26(32)31-12-6-5-9-23(31)30-25)14-18(15-27)24-28-20-7-3-4-8-21(20)29-24/h3-14H,1-2H3,(H,28,29). The van der Waals surface area contributed by atoms with Gasteiger partial charge in [0.05, 0.1) is 16.6 Å². The topological polar surface area (TPSA) is 96.1 Å². The van der Waals surface area contributed by atoms with Crippen molar-refractivity contribution in [3.63, 3.8) is 0 Å². The van der Waals surface area contributed by atoms with Crippen molar-refractivity contribution in [2.45, 2.75) is 13.8 Å². The van der Waals surface area contributed by atoms with Crippen LogP contribution in [0.15, 0.2) is 71.7 Å². The smallest absolute Gasteiger partial charge is 0.269 e. The van der Waals surface area contributed by atoms with Gasteiger partial charge in [-0.3, -0.25) is 9.20 Å². The molecule has 0 saturated carbocycles.